The second kappa shape index (κ2) is 7.25. The van der Waals surface area contributed by atoms with Crippen LogP contribution in [0.4, 0.5) is 0 Å². The Morgan fingerprint density at radius 1 is 1.32 bits per heavy atom. The third kappa shape index (κ3) is 5.40. The lowest BCUT2D eigenvalue weighted by Crippen LogP contribution is -2.28. The molecule has 2 N–H and O–H groups in total. The topological polar surface area (TPSA) is 83.5 Å². The zero-order valence-corrected chi connectivity index (χ0v) is 11.7. The molecule has 0 radical (unpaired) electrons. The molecule has 0 atom stereocenters. The van der Waals surface area contributed by atoms with E-state index in [0.717, 1.165) is 6.42 Å². The Balaban J connectivity index is 2.56. The predicted octanol–water partition coefficient (Wildman–Crippen LogP) is 1.65. The molecule has 0 aliphatic carbocycles. The van der Waals surface area contributed by atoms with Gasteiger partial charge in [-0.15, -0.1) is 0 Å². The summed E-state index contributed by atoms with van der Waals surface area (Å²) in [7, 11) is -3.24. The zero-order chi connectivity index (χ0) is 14.3. The largest absolute Gasteiger partial charge is 0.478 e. The molecule has 5 nitrogen and oxygen atoms in total. The van der Waals surface area contributed by atoms with Gasteiger partial charge in [0.2, 0.25) is 10.0 Å². The van der Waals surface area contributed by atoms with Crippen molar-refractivity contribution in [1.29, 1.82) is 0 Å². The van der Waals surface area contributed by atoms with Crippen LogP contribution in [0.2, 0.25) is 0 Å². The number of unbranched alkanes of at least 4 members (excludes halogenated alkanes) is 1. The van der Waals surface area contributed by atoms with Gasteiger partial charge in [-0.25, -0.2) is 17.9 Å². The van der Waals surface area contributed by atoms with E-state index < -0.39 is 16.0 Å². The molecule has 0 fully saturated rings. The first-order valence-electron chi connectivity index (χ1n) is 6.25. The van der Waals surface area contributed by atoms with Crippen molar-refractivity contribution in [2.75, 3.05) is 12.3 Å². The van der Waals surface area contributed by atoms with E-state index in [9.17, 15) is 13.2 Å². The highest BCUT2D eigenvalue weighted by atomic mass is 32.2. The molecule has 106 valence electrons. The normalized spacial score (nSPS) is 11.4. The van der Waals surface area contributed by atoms with Crippen molar-refractivity contribution in [1.82, 2.24) is 4.72 Å². The maximum absolute atomic E-state index is 11.6. The summed E-state index contributed by atoms with van der Waals surface area (Å²) in [4.78, 5) is 11.0. The number of rotatable bonds is 8. The van der Waals surface area contributed by atoms with E-state index in [4.69, 9.17) is 5.11 Å². The van der Waals surface area contributed by atoms with Gasteiger partial charge in [0.05, 0.1) is 11.3 Å². The number of hydrogen-bond acceptors (Lipinski definition) is 3. The molecule has 19 heavy (non-hydrogen) atoms. The monoisotopic (exact) mass is 285 g/mol. The number of aromatic carboxylic acids is 1. The standard InChI is InChI=1S/C13H19NO4S/c1-2-3-10-19(17,18)14-9-8-11-6-4-5-7-12(11)13(15)16/h4-7,14H,2-3,8-10H2,1H3,(H,15,16). The second-order valence-electron chi connectivity index (χ2n) is 4.28. The zero-order valence-electron chi connectivity index (χ0n) is 10.9. The number of carbonyl (C=O) groups is 1. The third-order valence-corrected chi connectivity index (χ3v) is 4.20. The number of hydrogen-bond donors (Lipinski definition) is 2. The van der Waals surface area contributed by atoms with E-state index in [1.54, 1.807) is 18.2 Å². The summed E-state index contributed by atoms with van der Waals surface area (Å²) < 4.78 is 25.6. The molecule has 0 unspecified atom stereocenters. The molecule has 0 saturated heterocycles. The van der Waals surface area contributed by atoms with Gasteiger partial charge in [0.1, 0.15) is 0 Å². The van der Waals surface area contributed by atoms with Crippen LogP contribution < -0.4 is 4.72 Å². The molecule has 0 heterocycles. The lowest BCUT2D eigenvalue weighted by atomic mass is 10.1. The summed E-state index contributed by atoms with van der Waals surface area (Å²) >= 11 is 0. The number of sulfonamides is 1. The van der Waals surface area contributed by atoms with Crippen molar-refractivity contribution in [3.63, 3.8) is 0 Å². The van der Waals surface area contributed by atoms with Crippen LogP contribution in [0.3, 0.4) is 0 Å². The van der Waals surface area contributed by atoms with Crippen LogP contribution in [0.15, 0.2) is 24.3 Å². The second-order valence-corrected chi connectivity index (χ2v) is 6.21. The Kier molecular flexibility index (Phi) is 5.98. The van der Waals surface area contributed by atoms with Gasteiger partial charge in [0.25, 0.3) is 0 Å². The summed E-state index contributed by atoms with van der Waals surface area (Å²) in [6.07, 6.45) is 1.82. The van der Waals surface area contributed by atoms with Crippen LogP contribution in [0.5, 0.6) is 0 Å². The molecule has 0 aliphatic heterocycles. The number of nitrogens with one attached hydrogen (secondary N) is 1. The molecule has 0 spiro atoms. The Labute approximate surface area is 113 Å². The SMILES string of the molecule is CCCCS(=O)(=O)NCCc1ccccc1C(=O)O. The summed E-state index contributed by atoms with van der Waals surface area (Å²) in [5, 5.41) is 9.00. The van der Waals surface area contributed by atoms with Crippen molar-refractivity contribution in [2.45, 2.75) is 26.2 Å². The van der Waals surface area contributed by atoms with Crippen LogP contribution >= 0.6 is 0 Å². The van der Waals surface area contributed by atoms with Gasteiger partial charge in [0, 0.05) is 6.54 Å². The van der Waals surface area contributed by atoms with Crippen LogP contribution in [-0.4, -0.2) is 31.8 Å². The van der Waals surface area contributed by atoms with Gasteiger partial charge in [0.15, 0.2) is 0 Å². The van der Waals surface area contributed by atoms with E-state index in [-0.39, 0.29) is 17.9 Å². The maximum Gasteiger partial charge on any atom is 0.335 e. The molecular weight excluding hydrogens is 266 g/mol. The fourth-order valence-corrected chi connectivity index (χ4v) is 2.92. The molecule has 1 aromatic rings. The number of benzene rings is 1. The smallest absolute Gasteiger partial charge is 0.335 e. The van der Waals surface area contributed by atoms with Gasteiger partial charge in [-0.1, -0.05) is 31.5 Å². The Morgan fingerprint density at radius 3 is 2.63 bits per heavy atom. The lowest BCUT2D eigenvalue weighted by Gasteiger charge is -2.08. The first kappa shape index (κ1) is 15.7. The van der Waals surface area contributed by atoms with E-state index in [1.165, 1.54) is 6.07 Å². The van der Waals surface area contributed by atoms with Gasteiger partial charge < -0.3 is 5.11 Å². The first-order chi connectivity index (χ1) is 8.96. The van der Waals surface area contributed by atoms with Crippen LogP contribution in [-0.2, 0) is 16.4 Å². The van der Waals surface area contributed by atoms with Crippen molar-refractivity contribution < 1.29 is 18.3 Å². The average molecular weight is 285 g/mol. The fraction of sp³-hybridized carbons (Fsp3) is 0.462. The number of carboxylic acids is 1. The molecule has 1 rings (SSSR count). The van der Waals surface area contributed by atoms with Crippen LogP contribution in [0, 0.1) is 0 Å². The maximum atomic E-state index is 11.6. The Bertz CT molecular complexity index is 525. The van der Waals surface area contributed by atoms with E-state index in [0.29, 0.717) is 18.4 Å². The Morgan fingerprint density at radius 2 is 2.00 bits per heavy atom. The molecule has 0 saturated carbocycles. The minimum absolute atomic E-state index is 0.115. The van der Waals surface area contributed by atoms with Crippen molar-refractivity contribution in [3.05, 3.63) is 35.4 Å². The minimum atomic E-state index is -3.24. The highest BCUT2D eigenvalue weighted by Gasteiger charge is 2.11. The van der Waals surface area contributed by atoms with Gasteiger partial charge in [-0.3, -0.25) is 0 Å². The van der Waals surface area contributed by atoms with Crippen LogP contribution in [0.25, 0.3) is 0 Å². The Hall–Kier alpha value is -1.40. The molecule has 1 aromatic carbocycles. The quantitative estimate of drug-likeness (QED) is 0.760. The molecule has 0 aromatic heterocycles. The molecule has 0 aliphatic rings. The van der Waals surface area contributed by atoms with E-state index in [2.05, 4.69) is 4.72 Å². The average Bonchev–Trinajstić information content (AvgIpc) is 2.36. The fourth-order valence-electron chi connectivity index (χ4n) is 1.69. The first-order valence-corrected chi connectivity index (χ1v) is 7.90. The lowest BCUT2D eigenvalue weighted by molar-refractivity contribution is 0.0695. The van der Waals surface area contributed by atoms with Crippen molar-refractivity contribution >= 4 is 16.0 Å². The molecule has 0 amide bonds. The third-order valence-electron chi connectivity index (χ3n) is 2.73. The van der Waals surface area contributed by atoms with Crippen molar-refractivity contribution in [2.24, 2.45) is 0 Å². The molecule has 6 heteroatoms. The molecule has 0 bridgehead atoms. The van der Waals surface area contributed by atoms with Gasteiger partial charge >= 0.3 is 5.97 Å². The highest BCUT2D eigenvalue weighted by molar-refractivity contribution is 7.89. The summed E-state index contributed by atoms with van der Waals surface area (Å²) in [5.74, 6) is -0.881. The van der Waals surface area contributed by atoms with E-state index >= 15 is 0 Å². The van der Waals surface area contributed by atoms with Crippen molar-refractivity contribution in [3.8, 4) is 0 Å². The summed E-state index contributed by atoms with van der Waals surface area (Å²) in [6, 6.07) is 6.61. The predicted molar refractivity (Wildman–Crippen MR) is 73.8 cm³/mol. The number of carboxylic acid groups (broad SMARTS) is 1. The van der Waals surface area contributed by atoms with Crippen LogP contribution in [0.1, 0.15) is 35.7 Å². The molecular formula is C13H19NO4S. The van der Waals surface area contributed by atoms with Gasteiger partial charge in [-0.05, 0) is 24.5 Å². The van der Waals surface area contributed by atoms with E-state index in [1.807, 2.05) is 6.92 Å². The van der Waals surface area contributed by atoms with Gasteiger partial charge in [-0.2, -0.15) is 0 Å². The minimum Gasteiger partial charge on any atom is -0.478 e. The highest BCUT2D eigenvalue weighted by Crippen LogP contribution is 2.09. The summed E-state index contributed by atoms with van der Waals surface area (Å²) in [6.45, 7) is 2.15. The summed E-state index contributed by atoms with van der Waals surface area (Å²) in [5.41, 5.74) is 0.850.